The third kappa shape index (κ3) is 5.30. The maximum Gasteiger partial charge on any atom is 0.248 e. The maximum absolute atomic E-state index is 10.9. The number of carbonyl (C=O) groups is 1. The number of carbonyl (C=O) groups excluding carboxylic acids is 1. The number of aryl methyl sites for hydroxylation is 1. The van der Waals surface area contributed by atoms with E-state index in [1.165, 1.54) is 19.3 Å². The van der Waals surface area contributed by atoms with E-state index in [0.29, 0.717) is 5.56 Å². The number of hydrogen-bond donors (Lipinski definition) is 2. The Bertz CT molecular complexity index is 401. The molecule has 1 amide bonds. The lowest BCUT2D eigenvalue weighted by Gasteiger charge is -2.17. The Labute approximate surface area is 115 Å². The summed E-state index contributed by atoms with van der Waals surface area (Å²) >= 11 is 0. The number of fused-ring (bicyclic) bond motifs is 1. The van der Waals surface area contributed by atoms with Crippen molar-refractivity contribution in [3.05, 3.63) is 29.3 Å². The van der Waals surface area contributed by atoms with E-state index in [0.717, 1.165) is 37.3 Å². The van der Waals surface area contributed by atoms with Crippen LogP contribution in [0.1, 0.15) is 48.5 Å². The van der Waals surface area contributed by atoms with Crippen molar-refractivity contribution >= 4 is 5.91 Å². The molecule has 4 nitrogen and oxygen atoms in total. The van der Waals surface area contributed by atoms with Gasteiger partial charge in [-0.2, -0.15) is 0 Å². The van der Waals surface area contributed by atoms with Crippen LogP contribution in [0.4, 0.5) is 0 Å². The zero-order valence-electron chi connectivity index (χ0n) is 11.7. The second-order valence-electron chi connectivity index (χ2n) is 4.63. The minimum absolute atomic E-state index is 0.381. The molecule has 2 rings (SSSR count). The number of ether oxygens (including phenoxy) is 1. The first kappa shape index (κ1) is 15.5. The van der Waals surface area contributed by atoms with Crippen molar-refractivity contribution in [2.24, 2.45) is 11.5 Å². The summed E-state index contributed by atoms with van der Waals surface area (Å²) in [4.78, 5) is 10.9. The molecule has 0 saturated heterocycles. The van der Waals surface area contributed by atoms with Crippen molar-refractivity contribution in [2.75, 3.05) is 13.2 Å². The molecule has 0 saturated carbocycles. The van der Waals surface area contributed by atoms with Crippen molar-refractivity contribution in [3.8, 4) is 5.75 Å². The topological polar surface area (TPSA) is 78.3 Å². The van der Waals surface area contributed by atoms with Crippen LogP contribution >= 0.6 is 0 Å². The van der Waals surface area contributed by atoms with Crippen LogP contribution in [0.15, 0.2) is 18.2 Å². The first-order valence-corrected chi connectivity index (χ1v) is 6.94. The highest BCUT2D eigenvalue weighted by Crippen LogP contribution is 2.25. The zero-order chi connectivity index (χ0) is 14.1. The Morgan fingerprint density at radius 1 is 1.37 bits per heavy atom. The monoisotopic (exact) mass is 264 g/mol. The lowest BCUT2D eigenvalue weighted by atomic mass is 10.0. The maximum atomic E-state index is 10.9. The molecule has 0 aliphatic carbocycles. The third-order valence-electron chi connectivity index (χ3n) is 3.00. The fraction of sp³-hybridized carbons (Fsp3) is 0.533. The standard InChI is InChI=1S/C10H11NO2.C5H13N/c11-10(12)8-3-4-9-7(6-8)2-1-5-13-9;1-2-3-4-5-6/h3-4,6H,1-2,5H2,(H2,11,12);2-6H2,1H3. The summed E-state index contributed by atoms with van der Waals surface area (Å²) in [6.07, 6.45) is 5.73. The second-order valence-corrected chi connectivity index (χ2v) is 4.63. The number of primary amides is 1. The number of unbranched alkanes of at least 4 members (excludes halogenated alkanes) is 2. The Hall–Kier alpha value is -1.55. The third-order valence-corrected chi connectivity index (χ3v) is 3.00. The average Bonchev–Trinajstić information content (AvgIpc) is 2.45. The van der Waals surface area contributed by atoms with Gasteiger partial charge in [-0.05, 0) is 49.6 Å². The van der Waals surface area contributed by atoms with E-state index in [9.17, 15) is 4.79 Å². The number of hydrogen-bond acceptors (Lipinski definition) is 3. The predicted octanol–water partition coefficient (Wildman–Crippen LogP) is 2.25. The van der Waals surface area contributed by atoms with E-state index < -0.39 is 0 Å². The zero-order valence-corrected chi connectivity index (χ0v) is 11.7. The molecule has 19 heavy (non-hydrogen) atoms. The molecule has 0 atom stereocenters. The van der Waals surface area contributed by atoms with Gasteiger partial charge in [-0.15, -0.1) is 0 Å². The number of benzene rings is 1. The van der Waals surface area contributed by atoms with E-state index >= 15 is 0 Å². The highest BCUT2D eigenvalue weighted by atomic mass is 16.5. The van der Waals surface area contributed by atoms with Crippen LogP contribution in [0, 0.1) is 0 Å². The Kier molecular flexibility index (Phi) is 6.97. The highest BCUT2D eigenvalue weighted by molar-refractivity contribution is 5.93. The van der Waals surface area contributed by atoms with Gasteiger partial charge in [0.05, 0.1) is 6.61 Å². The Balaban J connectivity index is 0.000000258. The molecule has 1 aromatic rings. The van der Waals surface area contributed by atoms with Gasteiger partial charge in [0.15, 0.2) is 0 Å². The van der Waals surface area contributed by atoms with Gasteiger partial charge in [-0.1, -0.05) is 19.8 Å². The van der Waals surface area contributed by atoms with Crippen LogP contribution in [0.2, 0.25) is 0 Å². The number of amides is 1. The fourth-order valence-electron chi connectivity index (χ4n) is 1.91. The van der Waals surface area contributed by atoms with Crippen molar-refractivity contribution in [2.45, 2.75) is 39.0 Å². The highest BCUT2D eigenvalue weighted by Gasteiger charge is 2.11. The Morgan fingerprint density at radius 3 is 2.74 bits per heavy atom. The summed E-state index contributed by atoms with van der Waals surface area (Å²) in [6, 6.07) is 5.33. The molecule has 0 bridgehead atoms. The fourth-order valence-corrected chi connectivity index (χ4v) is 1.91. The summed E-state index contributed by atoms with van der Waals surface area (Å²) in [5.74, 6) is 0.504. The predicted molar refractivity (Wildman–Crippen MR) is 77.4 cm³/mol. The van der Waals surface area contributed by atoms with Crippen LogP contribution < -0.4 is 16.2 Å². The molecule has 1 aliphatic heterocycles. The molecule has 1 aromatic carbocycles. The average molecular weight is 264 g/mol. The summed E-state index contributed by atoms with van der Waals surface area (Å²) in [7, 11) is 0. The normalized spacial score (nSPS) is 12.7. The van der Waals surface area contributed by atoms with E-state index in [2.05, 4.69) is 6.92 Å². The van der Waals surface area contributed by atoms with Gasteiger partial charge in [-0.25, -0.2) is 0 Å². The van der Waals surface area contributed by atoms with Gasteiger partial charge in [0.2, 0.25) is 5.91 Å². The lowest BCUT2D eigenvalue weighted by molar-refractivity contribution is 0.1000. The van der Waals surface area contributed by atoms with E-state index in [4.69, 9.17) is 16.2 Å². The first-order chi connectivity index (χ1) is 9.19. The van der Waals surface area contributed by atoms with Gasteiger partial charge in [0.25, 0.3) is 0 Å². The lowest BCUT2D eigenvalue weighted by Crippen LogP contribution is -2.13. The summed E-state index contributed by atoms with van der Waals surface area (Å²) in [5, 5.41) is 0. The van der Waals surface area contributed by atoms with Crippen molar-refractivity contribution in [3.63, 3.8) is 0 Å². The number of rotatable bonds is 4. The quantitative estimate of drug-likeness (QED) is 0.819. The number of nitrogens with two attached hydrogens (primary N) is 2. The van der Waals surface area contributed by atoms with Gasteiger partial charge in [0.1, 0.15) is 5.75 Å². The van der Waals surface area contributed by atoms with E-state index in [1.807, 2.05) is 12.1 Å². The van der Waals surface area contributed by atoms with Crippen LogP contribution in [0.5, 0.6) is 5.75 Å². The molecule has 0 fully saturated rings. The van der Waals surface area contributed by atoms with Crippen LogP contribution in [0.3, 0.4) is 0 Å². The molecule has 0 unspecified atom stereocenters. The molecular weight excluding hydrogens is 240 g/mol. The molecule has 1 heterocycles. The molecule has 4 heteroatoms. The smallest absolute Gasteiger partial charge is 0.248 e. The SMILES string of the molecule is CCCCCN.NC(=O)c1ccc2c(c1)CCCO2. The van der Waals surface area contributed by atoms with Gasteiger partial charge in [-0.3, -0.25) is 4.79 Å². The second kappa shape index (κ2) is 8.53. The Morgan fingerprint density at radius 2 is 2.16 bits per heavy atom. The van der Waals surface area contributed by atoms with Crippen molar-refractivity contribution < 1.29 is 9.53 Å². The molecule has 0 spiro atoms. The van der Waals surface area contributed by atoms with Gasteiger partial charge >= 0.3 is 0 Å². The van der Waals surface area contributed by atoms with E-state index in [-0.39, 0.29) is 5.91 Å². The molecule has 4 N–H and O–H groups in total. The van der Waals surface area contributed by atoms with Gasteiger partial charge in [0, 0.05) is 5.56 Å². The van der Waals surface area contributed by atoms with E-state index in [1.54, 1.807) is 6.07 Å². The largest absolute Gasteiger partial charge is 0.493 e. The van der Waals surface area contributed by atoms with Crippen LogP contribution in [0.25, 0.3) is 0 Å². The summed E-state index contributed by atoms with van der Waals surface area (Å²) in [6.45, 7) is 3.80. The molecule has 1 aliphatic rings. The van der Waals surface area contributed by atoms with Crippen molar-refractivity contribution in [1.29, 1.82) is 0 Å². The summed E-state index contributed by atoms with van der Waals surface area (Å²) < 4.78 is 5.41. The van der Waals surface area contributed by atoms with Gasteiger partial charge < -0.3 is 16.2 Å². The molecule has 0 radical (unpaired) electrons. The molecule has 106 valence electrons. The minimum atomic E-state index is -0.381. The first-order valence-electron chi connectivity index (χ1n) is 6.94. The molecular formula is C15H24N2O2. The molecule has 0 aromatic heterocycles. The van der Waals surface area contributed by atoms with Crippen molar-refractivity contribution in [1.82, 2.24) is 0 Å². The van der Waals surface area contributed by atoms with Crippen LogP contribution in [-0.4, -0.2) is 19.1 Å². The summed E-state index contributed by atoms with van der Waals surface area (Å²) in [5.41, 5.74) is 12.0. The minimum Gasteiger partial charge on any atom is -0.493 e. The van der Waals surface area contributed by atoms with Crippen LogP contribution in [-0.2, 0) is 6.42 Å².